The lowest BCUT2D eigenvalue weighted by molar-refractivity contribution is 0.442. The summed E-state index contributed by atoms with van der Waals surface area (Å²) in [5, 5.41) is 8.30. The molecule has 1 heterocycles. The van der Waals surface area contributed by atoms with Crippen LogP contribution in [0.3, 0.4) is 0 Å². The van der Waals surface area contributed by atoms with E-state index in [0.29, 0.717) is 17.9 Å². The van der Waals surface area contributed by atoms with Crippen LogP contribution in [0.5, 0.6) is 0 Å². The first-order valence-corrected chi connectivity index (χ1v) is 5.83. The van der Waals surface area contributed by atoms with Crippen molar-refractivity contribution in [1.82, 2.24) is 14.8 Å². The molecular weight excluding hydrogens is 188 g/mol. The van der Waals surface area contributed by atoms with Crippen LogP contribution in [0.1, 0.15) is 50.9 Å². The van der Waals surface area contributed by atoms with Gasteiger partial charge >= 0.3 is 0 Å². The minimum atomic E-state index is 0.439. The highest BCUT2D eigenvalue weighted by Crippen LogP contribution is 2.38. The van der Waals surface area contributed by atoms with Gasteiger partial charge in [-0.2, -0.15) is 0 Å². The molecule has 0 spiro atoms. The molecule has 0 aliphatic heterocycles. The Labute approximate surface area is 90.9 Å². The molecule has 4 nitrogen and oxygen atoms in total. The molecule has 1 aromatic rings. The van der Waals surface area contributed by atoms with Crippen LogP contribution in [0, 0.1) is 5.92 Å². The zero-order chi connectivity index (χ0) is 10.8. The molecule has 84 valence electrons. The zero-order valence-electron chi connectivity index (χ0n) is 9.56. The monoisotopic (exact) mass is 208 g/mol. The van der Waals surface area contributed by atoms with Crippen LogP contribution < -0.4 is 5.73 Å². The summed E-state index contributed by atoms with van der Waals surface area (Å²) in [6, 6.07) is 0.439. The van der Waals surface area contributed by atoms with E-state index in [4.69, 9.17) is 5.73 Å². The Bertz CT molecular complexity index is 318. The molecule has 1 aliphatic carbocycles. The second kappa shape index (κ2) is 4.31. The largest absolute Gasteiger partial charge is 0.330 e. The van der Waals surface area contributed by atoms with E-state index in [1.807, 2.05) is 6.33 Å². The molecule has 2 unspecified atom stereocenters. The third-order valence-corrected chi connectivity index (χ3v) is 3.45. The van der Waals surface area contributed by atoms with E-state index in [2.05, 4.69) is 28.6 Å². The lowest BCUT2D eigenvalue weighted by Gasteiger charge is -2.19. The summed E-state index contributed by atoms with van der Waals surface area (Å²) in [4.78, 5) is 0. The van der Waals surface area contributed by atoms with E-state index >= 15 is 0 Å². The molecule has 1 fully saturated rings. The van der Waals surface area contributed by atoms with E-state index in [9.17, 15) is 0 Å². The van der Waals surface area contributed by atoms with Crippen LogP contribution >= 0.6 is 0 Å². The minimum absolute atomic E-state index is 0.439. The summed E-state index contributed by atoms with van der Waals surface area (Å²) in [5.41, 5.74) is 5.80. The van der Waals surface area contributed by atoms with Crippen molar-refractivity contribution in [3.8, 4) is 0 Å². The second-order valence-corrected chi connectivity index (χ2v) is 4.72. The number of nitrogens with zero attached hydrogens (tertiary/aromatic N) is 3. The van der Waals surface area contributed by atoms with Gasteiger partial charge < -0.3 is 10.3 Å². The molecule has 2 rings (SSSR count). The van der Waals surface area contributed by atoms with Gasteiger partial charge in [0.2, 0.25) is 0 Å². The predicted octanol–water partition coefficient (Wildman–Crippen LogP) is 1.70. The first-order valence-electron chi connectivity index (χ1n) is 5.83. The summed E-state index contributed by atoms with van der Waals surface area (Å²) in [5.74, 6) is 2.27. The maximum absolute atomic E-state index is 5.80. The van der Waals surface area contributed by atoms with E-state index in [-0.39, 0.29) is 0 Å². The third kappa shape index (κ3) is 1.91. The van der Waals surface area contributed by atoms with Crippen molar-refractivity contribution in [2.45, 2.75) is 45.1 Å². The molecule has 2 atom stereocenters. The molecule has 4 heteroatoms. The molecule has 0 saturated heterocycles. The van der Waals surface area contributed by atoms with Gasteiger partial charge in [-0.05, 0) is 39.2 Å². The first kappa shape index (κ1) is 10.6. The number of rotatable bonds is 3. The maximum Gasteiger partial charge on any atom is 0.136 e. The van der Waals surface area contributed by atoms with Crippen molar-refractivity contribution in [3.63, 3.8) is 0 Å². The Balaban J connectivity index is 2.24. The van der Waals surface area contributed by atoms with Gasteiger partial charge in [0.25, 0.3) is 0 Å². The molecule has 1 saturated carbocycles. The Morgan fingerprint density at radius 2 is 2.33 bits per heavy atom. The van der Waals surface area contributed by atoms with Crippen molar-refractivity contribution in [2.75, 3.05) is 6.54 Å². The van der Waals surface area contributed by atoms with Crippen molar-refractivity contribution < 1.29 is 0 Å². The van der Waals surface area contributed by atoms with Crippen LogP contribution in [-0.4, -0.2) is 21.3 Å². The topological polar surface area (TPSA) is 56.7 Å². The Morgan fingerprint density at radius 1 is 1.53 bits per heavy atom. The van der Waals surface area contributed by atoms with Crippen LogP contribution in [0.4, 0.5) is 0 Å². The molecule has 15 heavy (non-hydrogen) atoms. The summed E-state index contributed by atoms with van der Waals surface area (Å²) in [7, 11) is 0. The van der Waals surface area contributed by atoms with Gasteiger partial charge in [0, 0.05) is 12.0 Å². The summed E-state index contributed by atoms with van der Waals surface area (Å²) in [6.45, 7) is 5.11. The van der Waals surface area contributed by atoms with E-state index in [1.54, 1.807) is 0 Å². The number of nitrogens with two attached hydrogens (primary N) is 1. The highest BCUT2D eigenvalue weighted by atomic mass is 15.3. The summed E-state index contributed by atoms with van der Waals surface area (Å²) >= 11 is 0. The van der Waals surface area contributed by atoms with Crippen molar-refractivity contribution in [2.24, 2.45) is 11.7 Å². The summed E-state index contributed by atoms with van der Waals surface area (Å²) < 4.78 is 2.18. The van der Waals surface area contributed by atoms with Crippen LogP contribution in [0.15, 0.2) is 6.33 Å². The Hall–Kier alpha value is -0.900. The van der Waals surface area contributed by atoms with Gasteiger partial charge in [-0.3, -0.25) is 0 Å². The smallest absolute Gasteiger partial charge is 0.136 e. The average Bonchev–Trinajstić information content (AvgIpc) is 2.85. The van der Waals surface area contributed by atoms with Gasteiger partial charge in [-0.25, -0.2) is 0 Å². The lowest BCUT2D eigenvalue weighted by Crippen LogP contribution is -2.20. The van der Waals surface area contributed by atoms with Gasteiger partial charge in [0.1, 0.15) is 12.2 Å². The highest BCUT2D eigenvalue weighted by molar-refractivity contribution is 5.03. The molecule has 1 aromatic heterocycles. The zero-order valence-corrected chi connectivity index (χ0v) is 9.56. The molecule has 0 aromatic carbocycles. The molecule has 0 amide bonds. The molecule has 1 aliphatic rings. The lowest BCUT2D eigenvalue weighted by atomic mass is 9.95. The molecule has 2 N–H and O–H groups in total. The van der Waals surface area contributed by atoms with Crippen molar-refractivity contribution >= 4 is 0 Å². The van der Waals surface area contributed by atoms with E-state index in [1.165, 1.54) is 19.3 Å². The molecule has 0 bridgehead atoms. The fourth-order valence-corrected chi connectivity index (χ4v) is 2.57. The van der Waals surface area contributed by atoms with Crippen LogP contribution in [0.2, 0.25) is 0 Å². The first-order chi connectivity index (χ1) is 7.24. The second-order valence-electron chi connectivity index (χ2n) is 4.72. The van der Waals surface area contributed by atoms with Gasteiger partial charge in [0.15, 0.2) is 0 Å². The van der Waals surface area contributed by atoms with Gasteiger partial charge in [-0.15, -0.1) is 10.2 Å². The van der Waals surface area contributed by atoms with E-state index < -0.39 is 0 Å². The highest BCUT2D eigenvalue weighted by Gasteiger charge is 2.31. The fourth-order valence-electron chi connectivity index (χ4n) is 2.57. The number of aromatic nitrogens is 3. The van der Waals surface area contributed by atoms with Gasteiger partial charge in [0.05, 0.1) is 0 Å². The minimum Gasteiger partial charge on any atom is -0.330 e. The Kier molecular flexibility index (Phi) is 3.05. The number of hydrogen-bond donors (Lipinski definition) is 1. The van der Waals surface area contributed by atoms with Gasteiger partial charge in [-0.1, -0.05) is 6.42 Å². The quantitative estimate of drug-likeness (QED) is 0.822. The van der Waals surface area contributed by atoms with E-state index in [0.717, 1.165) is 12.4 Å². The number of hydrogen-bond acceptors (Lipinski definition) is 3. The van der Waals surface area contributed by atoms with Crippen molar-refractivity contribution in [1.29, 1.82) is 0 Å². The molecule has 0 radical (unpaired) electrons. The SMILES string of the molecule is CC(C)n1cnnc1C1CCCC1CN. The average molecular weight is 208 g/mol. The standard InChI is InChI=1S/C11H20N4/c1-8(2)15-7-13-14-11(15)10-5-3-4-9(10)6-12/h7-10H,3-6,12H2,1-2H3. The molecular formula is C11H20N4. The summed E-state index contributed by atoms with van der Waals surface area (Å²) in [6.07, 6.45) is 5.57. The maximum atomic E-state index is 5.80. The van der Waals surface area contributed by atoms with Crippen LogP contribution in [-0.2, 0) is 0 Å². The fraction of sp³-hybridized carbons (Fsp3) is 0.818. The normalized spacial score (nSPS) is 26.4. The third-order valence-electron chi connectivity index (χ3n) is 3.45. The van der Waals surface area contributed by atoms with Crippen molar-refractivity contribution in [3.05, 3.63) is 12.2 Å². The Morgan fingerprint density at radius 3 is 3.00 bits per heavy atom. The van der Waals surface area contributed by atoms with Crippen LogP contribution in [0.25, 0.3) is 0 Å². The predicted molar refractivity (Wildman–Crippen MR) is 59.5 cm³/mol.